The van der Waals surface area contributed by atoms with Gasteiger partial charge in [0.2, 0.25) is 15.9 Å². The van der Waals surface area contributed by atoms with Gasteiger partial charge in [0.05, 0.1) is 11.0 Å². The topological polar surface area (TPSA) is 113 Å². The number of carbonyl (C=O) groups is 1. The number of nitrogens with zero attached hydrogens (tertiary/aromatic N) is 3. The van der Waals surface area contributed by atoms with Crippen molar-refractivity contribution in [1.29, 1.82) is 0 Å². The van der Waals surface area contributed by atoms with Gasteiger partial charge in [-0.1, -0.05) is 24.3 Å². The molecule has 0 aliphatic carbocycles. The molecule has 160 valence electrons. The van der Waals surface area contributed by atoms with E-state index < -0.39 is 26.7 Å². The number of hydrogen-bond donors (Lipinski definition) is 1. The number of piperazine rings is 1. The lowest BCUT2D eigenvalue weighted by Gasteiger charge is -2.36. The quantitative estimate of drug-likeness (QED) is 0.553. The van der Waals surface area contributed by atoms with Crippen LogP contribution in [0, 0.1) is 17.0 Å². The second kappa shape index (κ2) is 8.90. The summed E-state index contributed by atoms with van der Waals surface area (Å²) in [7, 11) is -4.00. The maximum Gasteiger partial charge on any atom is 0.289 e. The van der Waals surface area contributed by atoms with Crippen LogP contribution in [0.25, 0.3) is 0 Å². The fourth-order valence-electron chi connectivity index (χ4n) is 3.43. The molecule has 2 aromatic carbocycles. The number of carbonyl (C=O) groups excluding carboxylic acids is 1. The van der Waals surface area contributed by atoms with Gasteiger partial charge in [0, 0.05) is 37.9 Å². The van der Waals surface area contributed by atoms with Gasteiger partial charge in [-0.15, -0.1) is 0 Å². The molecular weight excluding hydrogens is 408 g/mol. The molecule has 9 nitrogen and oxygen atoms in total. The lowest BCUT2D eigenvalue weighted by Crippen LogP contribution is -2.53. The van der Waals surface area contributed by atoms with Crippen LogP contribution in [0.15, 0.2) is 53.4 Å². The highest BCUT2D eigenvalue weighted by atomic mass is 32.2. The molecule has 1 amide bonds. The van der Waals surface area contributed by atoms with Crippen molar-refractivity contribution in [3.63, 3.8) is 0 Å². The van der Waals surface area contributed by atoms with E-state index in [9.17, 15) is 23.3 Å². The number of hydrogen-bond acceptors (Lipinski definition) is 6. The number of nitro benzene ring substituents is 1. The Morgan fingerprint density at radius 2 is 1.77 bits per heavy atom. The summed E-state index contributed by atoms with van der Waals surface area (Å²) in [6.07, 6.45) is 0. The Balaban J connectivity index is 1.65. The number of amides is 1. The predicted molar refractivity (Wildman–Crippen MR) is 113 cm³/mol. The average molecular weight is 433 g/mol. The molecule has 1 atom stereocenters. The van der Waals surface area contributed by atoms with Crippen LogP contribution in [0.5, 0.6) is 0 Å². The predicted octanol–water partition coefficient (Wildman–Crippen LogP) is 2.24. The lowest BCUT2D eigenvalue weighted by molar-refractivity contribution is -0.387. The molecule has 1 aliphatic rings. The maximum atomic E-state index is 12.9. The van der Waals surface area contributed by atoms with E-state index in [0.29, 0.717) is 18.8 Å². The summed E-state index contributed by atoms with van der Waals surface area (Å²) in [5, 5.41) is 14.1. The molecule has 0 bridgehead atoms. The first-order valence-corrected chi connectivity index (χ1v) is 11.0. The number of para-hydroxylation sites is 1. The number of benzene rings is 2. The van der Waals surface area contributed by atoms with Crippen molar-refractivity contribution in [2.24, 2.45) is 0 Å². The van der Waals surface area contributed by atoms with Crippen LogP contribution in [-0.2, 0) is 14.8 Å². The highest BCUT2D eigenvalue weighted by molar-refractivity contribution is 7.89. The van der Waals surface area contributed by atoms with Gasteiger partial charge in [0.15, 0.2) is 4.90 Å². The van der Waals surface area contributed by atoms with Gasteiger partial charge in [-0.2, -0.15) is 4.31 Å². The third-order valence-electron chi connectivity index (χ3n) is 5.17. The Morgan fingerprint density at radius 1 is 1.10 bits per heavy atom. The van der Waals surface area contributed by atoms with Crippen molar-refractivity contribution >= 4 is 27.3 Å². The Kier molecular flexibility index (Phi) is 6.49. The second-order valence-corrected chi connectivity index (χ2v) is 9.11. The Morgan fingerprint density at radius 3 is 2.40 bits per heavy atom. The third kappa shape index (κ3) is 4.66. The monoisotopic (exact) mass is 432 g/mol. The Hall–Kier alpha value is -2.82. The zero-order valence-electron chi connectivity index (χ0n) is 16.8. The van der Waals surface area contributed by atoms with E-state index in [1.807, 2.05) is 36.1 Å². The molecular formula is C20H24N4O5S. The zero-order chi connectivity index (χ0) is 21.9. The highest BCUT2D eigenvalue weighted by Gasteiger charge is 2.35. The first kappa shape index (κ1) is 21.9. The van der Waals surface area contributed by atoms with Crippen LogP contribution in [0.3, 0.4) is 0 Å². The van der Waals surface area contributed by atoms with Gasteiger partial charge in [-0.05, 0) is 37.6 Å². The Bertz CT molecular complexity index is 1050. The van der Waals surface area contributed by atoms with Crippen molar-refractivity contribution < 1.29 is 18.1 Å². The first-order valence-electron chi connectivity index (χ1n) is 9.55. The van der Waals surface area contributed by atoms with E-state index in [0.717, 1.165) is 5.56 Å². The van der Waals surface area contributed by atoms with Gasteiger partial charge in [-0.25, -0.2) is 8.42 Å². The molecule has 1 saturated heterocycles. The largest absolute Gasteiger partial charge is 0.325 e. The van der Waals surface area contributed by atoms with E-state index in [-0.39, 0.29) is 23.9 Å². The molecule has 0 spiro atoms. The zero-order valence-corrected chi connectivity index (χ0v) is 17.6. The molecule has 2 aromatic rings. The summed E-state index contributed by atoms with van der Waals surface area (Å²) in [5.41, 5.74) is 1.31. The van der Waals surface area contributed by atoms with E-state index in [4.69, 9.17) is 0 Å². The number of nitro groups is 1. The molecule has 0 saturated carbocycles. The van der Waals surface area contributed by atoms with Crippen molar-refractivity contribution in [2.45, 2.75) is 24.8 Å². The van der Waals surface area contributed by atoms with Crippen LogP contribution in [0.2, 0.25) is 0 Å². The van der Waals surface area contributed by atoms with Crippen molar-refractivity contribution in [3.05, 3.63) is 64.2 Å². The molecule has 1 unspecified atom stereocenters. The summed E-state index contributed by atoms with van der Waals surface area (Å²) in [6, 6.07) is 12.4. The van der Waals surface area contributed by atoms with Gasteiger partial charge < -0.3 is 5.32 Å². The smallest absolute Gasteiger partial charge is 0.289 e. The summed E-state index contributed by atoms with van der Waals surface area (Å²) < 4.78 is 27.1. The molecule has 1 aliphatic heterocycles. The van der Waals surface area contributed by atoms with Crippen molar-refractivity contribution in [2.75, 3.05) is 31.5 Å². The van der Waals surface area contributed by atoms with E-state index >= 15 is 0 Å². The van der Waals surface area contributed by atoms with Gasteiger partial charge in [0.1, 0.15) is 0 Å². The van der Waals surface area contributed by atoms with Gasteiger partial charge in [-0.3, -0.25) is 19.8 Å². The molecule has 3 rings (SSSR count). The number of aryl methyl sites for hydroxylation is 1. The molecule has 0 radical (unpaired) electrons. The van der Waals surface area contributed by atoms with Crippen LogP contribution >= 0.6 is 0 Å². The molecule has 1 heterocycles. The average Bonchev–Trinajstić information content (AvgIpc) is 2.73. The SMILES string of the molecule is Cc1cccc(NC(=O)C(C)N2CCN(S(=O)(=O)c3ccccc3[N+](=O)[O-])CC2)c1. The number of nitrogens with one attached hydrogen (secondary N) is 1. The minimum Gasteiger partial charge on any atom is -0.325 e. The second-order valence-electron chi connectivity index (χ2n) is 7.20. The number of sulfonamides is 1. The number of anilines is 1. The van der Waals surface area contributed by atoms with Crippen LogP contribution in [0.4, 0.5) is 11.4 Å². The summed E-state index contributed by atoms with van der Waals surface area (Å²) in [6.45, 7) is 4.71. The maximum absolute atomic E-state index is 12.9. The highest BCUT2D eigenvalue weighted by Crippen LogP contribution is 2.27. The van der Waals surface area contributed by atoms with Gasteiger partial charge in [0.25, 0.3) is 5.69 Å². The summed E-state index contributed by atoms with van der Waals surface area (Å²) >= 11 is 0. The van der Waals surface area contributed by atoms with E-state index in [2.05, 4.69) is 5.32 Å². The number of rotatable bonds is 6. The van der Waals surface area contributed by atoms with E-state index in [1.165, 1.54) is 28.6 Å². The first-order chi connectivity index (χ1) is 14.2. The van der Waals surface area contributed by atoms with Crippen molar-refractivity contribution in [1.82, 2.24) is 9.21 Å². The standard InChI is InChI=1S/C20H24N4O5S/c1-15-6-5-7-17(14-15)21-20(25)16(2)22-10-12-23(13-11-22)30(28,29)19-9-4-3-8-18(19)24(26)27/h3-9,14,16H,10-13H2,1-2H3,(H,21,25). The summed E-state index contributed by atoms with van der Waals surface area (Å²) in [5.74, 6) is -0.171. The Labute approximate surface area is 175 Å². The third-order valence-corrected chi connectivity index (χ3v) is 7.11. The molecule has 1 N–H and O–H groups in total. The minimum absolute atomic E-state index is 0.149. The minimum atomic E-state index is -4.00. The summed E-state index contributed by atoms with van der Waals surface area (Å²) in [4.78, 5) is 24.7. The lowest BCUT2D eigenvalue weighted by atomic mass is 10.2. The van der Waals surface area contributed by atoms with Crippen molar-refractivity contribution in [3.8, 4) is 0 Å². The fraction of sp³-hybridized carbons (Fsp3) is 0.350. The fourth-order valence-corrected chi connectivity index (χ4v) is 5.01. The van der Waals surface area contributed by atoms with E-state index in [1.54, 1.807) is 6.92 Å². The van der Waals surface area contributed by atoms with Crippen LogP contribution < -0.4 is 5.32 Å². The van der Waals surface area contributed by atoms with Crippen LogP contribution in [-0.4, -0.2) is 60.7 Å². The molecule has 10 heteroatoms. The van der Waals surface area contributed by atoms with Gasteiger partial charge >= 0.3 is 0 Å². The normalized spacial score (nSPS) is 16.7. The molecule has 30 heavy (non-hydrogen) atoms. The molecule has 1 fully saturated rings. The molecule has 0 aromatic heterocycles. The van der Waals surface area contributed by atoms with Crippen LogP contribution in [0.1, 0.15) is 12.5 Å².